The topological polar surface area (TPSA) is 105 Å². The van der Waals surface area contributed by atoms with Gasteiger partial charge in [0.25, 0.3) is 0 Å². The van der Waals surface area contributed by atoms with E-state index in [2.05, 4.69) is 23.3 Å². The quantitative estimate of drug-likeness (QED) is 0.530. The molecule has 1 aromatic carbocycles. The number of alkyl carbamates (subject to hydrolysis) is 1. The Morgan fingerprint density at radius 3 is 2.07 bits per heavy atom. The fourth-order valence-electron chi connectivity index (χ4n) is 2.29. The van der Waals surface area contributed by atoms with E-state index in [1.807, 2.05) is 30.3 Å². The number of ether oxygens (including phenoxy) is 1. The molecule has 0 aliphatic carbocycles. The Labute approximate surface area is 165 Å². The summed E-state index contributed by atoms with van der Waals surface area (Å²) >= 11 is 4.25. The van der Waals surface area contributed by atoms with Gasteiger partial charge >= 0.3 is 12.1 Å². The predicted octanol–water partition coefficient (Wildman–Crippen LogP) is 2.40. The molecule has 0 unspecified atom stereocenters. The monoisotopic (exact) mass is 396 g/mol. The van der Waals surface area contributed by atoms with Crippen LogP contribution in [0.25, 0.3) is 0 Å². The summed E-state index contributed by atoms with van der Waals surface area (Å²) in [7, 11) is 0. The maximum absolute atomic E-state index is 12.7. The number of aliphatic carboxylic acids is 1. The molecule has 3 N–H and O–H groups in total. The second-order valence-electron chi connectivity index (χ2n) is 7.82. The van der Waals surface area contributed by atoms with Crippen LogP contribution in [0.5, 0.6) is 0 Å². The van der Waals surface area contributed by atoms with Gasteiger partial charge in [0.05, 0.1) is 0 Å². The number of thiol groups is 1. The zero-order valence-corrected chi connectivity index (χ0v) is 17.2. The highest BCUT2D eigenvalue weighted by Crippen LogP contribution is 2.18. The number of carboxylic acid groups (broad SMARTS) is 1. The van der Waals surface area contributed by atoms with Gasteiger partial charge in [0.1, 0.15) is 17.7 Å². The number of benzene rings is 1. The number of nitrogens with one attached hydrogen (secondary N) is 2. The Balaban J connectivity index is 2.99. The highest BCUT2D eigenvalue weighted by atomic mass is 32.1. The Kier molecular flexibility index (Phi) is 7.71. The van der Waals surface area contributed by atoms with Crippen molar-refractivity contribution in [3.8, 4) is 0 Å². The zero-order valence-electron chi connectivity index (χ0n) is 16.3. The number of hydrogen-bond donors (Lipinski definition) is 4. The molecular formula is C19H28N2O5S. The third-order valence-electron chi connectivity index (χ3n) is 3.53. The van der Waals surface area contributed by atoms with Gasteiger partial charge in [-0.1, -0.05) is 30.3 Å². The lowest BCUT2D eigenvalue weighted by Gasteiger charge is -2.29. The lowest BCUT2D eigenvalue weighted by molar-refractivity contribution is -0.142. The predicted molar refractivity (Wildman–Crippen MR) is 106 cm³/mol. The summed E-state index contributed by atoms with van der Waals surface area (Å²) in [5.41, 5.74) is 0.0832. The minimum atomic E-state index is -1.23. The van der Waals surface area contributed by atoms with Gasteiger partial charge in [0.2, 0.25) is 5.91 Å². The van der Waals surface area contributed by atoms with E-state index in [-0.39, 0.29) is 6.42 Å². The van der Waals surface area contributed by atoms with Gasteiger partial charge in [-0.15, -0.1) is 0 Å². The summed E-state index contributed by atoms with van der Waals surface area (Å²) in [5.74, 6) is -1.83. The minimum Gasteiger partial charge on any atom is -0.480 e. The Bertz CT molecular complexity index is 665. The van der Waals surface area contributed by atoms with E-state index in [1.165, 1.54) is 0 Å². The lowest BCUT2D eigenvalue weighted by atomic mass is 10.0. The molecule has 2 atom stereocenters. The van der Waals surface area contributed by atoms with Crippen LogP contribution in [0.2, 0.25) is 0 Å². The molecule has 0 radical (unpaired) electrons. The molecule has 0 spiro atoms. The average molecular weight is 397 g/mol. The zero-order chi connectivity index (χ0) is 20.8. The third-order valence-corrected chi connectivity index (χ3v) is 3.79. The van der Waals surface area contributed by atoms with Crippen molar-refractivity contribution < 1.29 is 24.2 Å². The Hall–Kier alpha value is -2.22. The van der Waals surface area contributed by atoms with Gasteiger partial charge in [-0.2, -0.15) is 12.6 Å². The number of hydrogen-bond acceptors (Lipinski definition) is 5. The van der Waals surface area contributed by atoms with Crippen molar-refractivity contribution in [3.05, 3.63) is 35.9 Å². The molecule has 0 heterocycles. The average Bonchev–Trinajstić information content (AvgIpc) is 2.49. The molecule has 0 saturated heterocycles. The highest BCUT2D eigenvalue weighted by Gasteiger charge is 2.36. The molecule has 27 heavy (non-hydrogen) atoms. The standard InChI is InChI=1S/C19H28N2O5S/c1-18(2,3)26-17(25)20-13(11-12-9-7-6-8-10-12)15(22)21-14(16(23)24)19(4,5)27/h6-10,13-14,27H,11H2,1-5H3,(H,20,25)(H,21,22)(H,23,24)/t13-,14+/m1/s1. The first-order valence-corrected chi connectivity index (χ1v) is 9.03. The van der Waals surface area contributed by atoms with Gasteiger partial charge in [-0.05, 0) is 40.2 Å². The summed E-state index contributed by atoms with van der Waals surface area (Å²) in [6, 6.07) is 6.86. The molecule has 2 amide bonds. The maximum Gasteiger partial charge on any atom is 0.408 e. The molecule has 0 saturated carbocycles. The van der Waals surface area contributed by atoms with E-state index in [4.69, 9.17) is 4.74 Å². The fourth-order valence-corrected chi connectivity index (χ4v) is 2.47. The number of carboxylic acids is 1. The molecule has 1 aromatic rings. The largest absolute Gasteiger partial charge is 0.480 e. The molecule has 0 aliphatic rings. The third kappa shape index (κ3) is 8.34. The lowest BCUT2D eigenvalue weighted by Crippen LogP contribution is -2.57. The summed E-state index contributed by atoms with van der Waals surface area (Å²) < 4.78 is 4.22. The maximum atomic E-state index is 12.7. The van der Waals surface area contributed by atoms with E-state index in [0.717, 1.165) is 5.56 Å². The molecule has 7 nitrogen and oxygen atoms in total. The molecule has 150 valence electrons. The van der Waals surface area contributed by atoms with Gasteiger partial charge in [-0.3, -0.25) is 4.79 Å². The van der Waals surface area contributed by atoms with Crippen LogP contribution in [0, 0.1) is 0 Å². The Morgan fingerprint density at radius 2 is 1.63 bits per heavy atom. The summed E-state index contributed by atoms with van der Waals surface area (Å²) in [6.07, 6.45) is -0.568. The number of carbonyl (C=O) groups excluding carboxylic acids is 2. The van der Waals surface area contributed by atoms with Gasteiger partial charge in [0.15, 0.2) is 0 Å². The van der Waals surface area contributed by atoms with E-state index in [1.54, 1.807) is 34.6 Å². The van der Waals surface area contributed by atoms with Crippen LogP contribution in [0.1, 0.15) is 40.2 Å². The van der Waals surface area contributed by atoms with E-state index in [9.17, 15) is 19.5 Å². The number of rotatable bonds is 7. The summed E-state index contributed by atoms with van der Waals surface area (Å²) in [5, 5.41) is 14.4. The van der Waals surface area contributed by atoms with Crippen LogP contribution in [0.4, 0.5) is 4.79 Å². The van der Waals surface area contributed by atoms with Crippen molar-refractivity contribution in [1.29, 1.82) is 0 Å². The molecule has 0 bridgehead atoms. The molecule has 1 rings (SSSR count). The number of amides is 2. The van der Waals surface area contributed by atoms with Crippen LogP contribution < -0.4 is 10.6 Å². The van der Waals surface area contributed by atoms with Gasteiger partial charge < -0.3 is 20.5 Å². The van der Waals surface area contributed by atoms with Crippen molar-refractivity contribution in [1.82, 2.24) is 10.6 Å². The van der Waals surface area contributed by atoms with E-state index in [0.29, 0.717) is 0 Å². The first kappa shape index (κ1) is 22.8. The Morgan fingerprint density at radius 1 is 1.07 bits per heavy atom. The van der Waals surface area contributed by atoms with Crippen molar-refractivity contribution in [2.45, 2.75) is 63.5 Å². The number of carbonyl (C=O) groups is 3. The molecular weight excluding hydrogens is 368 g/mol. The van der Waals surface area contributed by atoms with Gasteiger partial charge in [-0.25, -0.2) is 9.59 Å². The van der Waals surface area contributed by atoms with Crippen LogP contribution >= 0.6 is 12.6 Å². The van der Waals surface area contributed by atoms with Crippen LogP contribution in [-0.2, 0) is 20.7 Å². The summed E-state index contributed by atoms with van der Waals surface area (Å²) in [4.78, 5) is 36.4. The fraction of sp³-hybridized carbons (Fsp3) is 0.526. The highest BCUT2D eigenvalue weighted by molar-refractivity contribution is 7.81. The van der Waals surface area contributed by atoms with Crippen molar-refractivity contribution in [3.63, 3.8) is 0 Å². The van der Waals surface area contributed by atoms with Crippen LogP contribution in [0.3, 0.4) is 0 Å². The first-order valence-electron chi connectivity index (χ1n) is 8.58. The van der Waals surface area contributed by atoms with Gasteiger partial charge in [0, 0.05) is 11.2 Å². The van der Waals surface area contributed by atoms with Crippen molar-refractivity contribution in [2.24, 2.45) is 0 Å². The molecule has 0 fully saturated rings. The first-order chi connectivity index (χ1) is 12.3. The second kappa shape index (κ2) is 9.12. The SMILES string of the molecule is CC(C)(C)OC(=O)N[C@H](Cc1ccccc1)C(=O)N[C@@H](C(=O)O)C(C)(C)S. The molecule has 0 aromatic heterocycles. The van der Waals surface area contributed by atoms with Crippen molar-refractivity contribution >= 4 is 30.6 Å². The van der Waals surface area contributed by atoms with Crippen LogP contribution in [0.15, 0.2) is 30.3 Å². The normalized spacial score (nSPS) is 14.0. The second-order valence-corrected chi connectivity index (χ2v) is 8.97. The van der Waals surface area contributed by atoms with E-state index >= 15 is 0 Å². The summed E-state index contributed by atoms with van der Waals surface area (Å²) in [6.45, 7) is 8.31. The van der Waals surface area contributed by atoms with Crippen LogP contribution in [-0.4, -0.2) is 45.5 Å². The molecule has 8 heteroatoms. The molecule has 0 aliphatic heterocycles. The minimum absolute atomic E-state index is 0.186. The van der Waals surface area contributed by atoms with Crippen molar-refractivity contribution in [2.75, 3.05) is 0 Å². The smallest absolute Gasteiger partial charge is 0.408 e. The van der Waals surface area contributed by atoms with E-state index < -0.39 is 40.4 Å².